The van der Waals surface area contributed by atoms with Crippen LogP contribution in [0.4, 0.5) is 18.9 Å². The van der Waals surface area contributed by atoms with Gasteiger partial charge in [-0.3, -0.25) is 14.6 Å². The predicted molar refractivity (Wildman–Crippen MR) is 105 cm³/mol. The van der Waals surface area contributed by atoms with E-state index < -0.39 is 23.1 Å². The van der Waals surface area contributed by atoms with Gasteiger partial charge in [-0.25, -0.2) is 0 Å². The predicted octanol–water partition coefficient (Wildman–Crippen LogP) is 5.13. The fraction of sp³-hybridized carbons (Fsp3) is 0.0455. The molecule has 0 spiro atoms. The van der Waals surface area contributed by atoms with Gasteiger partial charge in [0.2, 0.25) is 0 Å². The number of para-hydroxylation sites is 1. The van der Waals surface area contributed by atoms with Crippen LogP contribution in [0.3, 0.4) is 0 Å². The molecular weight excluding hydrogens is 397 g/mol. The summed E-state index contributed by atoms with van der Waals surface area (Å²) in [7, 11) is 0. The topological polar surface area (TPSA) is 72.2 Å². The third kappa shape index (κ3) is 3.80. The van der Waals surface area contributed by atoms with Crippen LogP contribution in [-0.2, 0) is 6.18 Å². The van der Waals surface area contributed by atoms with Crippen molar-refractivity contribution in [2.45, 2.75) is 6.18 Å². The molecule has 0 aliphatic heterocycles. The highest BCUT2D eigenvalue weighted by Crippen LogP contribution is 2.33. The van der Waals surface area contributed by atoms with Crippen LogP contribution in [-0.4, -0.2) is 10.9 Å². The molecule has 0 bridgehead atoms. The van der Waals surface area contributed by atoms with Crippen molar-refractivity contribution in [2.75, 3.05) is 5.32 Å². The highest BCUT2D eigenvalue weighted by molar-refractivity contribution is 6.07. The largest absolute Gasteiger partial charge is 0.454 e. The Bertz CT molecular complexity index is 1300. The summed E-state index contributed by atoms with van der Waals surface area (Å²) in [5, 5.41) is 2.84. The van der Waals surface area contributed by atoms with Crippen LogP contribution in [0.15, 0.2) is 82.3 Å². The van der Waals surface area contributed by atoms with Crippen LogP contribution >= 0.6 is 0 Å². The number of halogens is 3. The Morgan fingerprint density at radius 3 is 2.53 bits per heavy atom. The number of nitrogens with zero attached hydrogens (tertiary/aromatic N) is 1. The van der Waals surface area contributed by atoms with Gasteiger partial charge in [-0.1, -0.05) is 18.2 Å². The van der Waals surface area contributed by atoms with E-state index >= 15 is 0 Å². The van der Waals surface area contributed by atoms with Crippen molar-refractivity contribution < 1.29 is 22.4 Å². The molecule has 0 fully saturated rings. The average molecular weight is 410 g/mol. The second kappa shape index (κ2) is 7.47. The summed E-state index contributed by atoms with van der Waals surface area (Å²) in [6, 6.07) is 13.4. The van der Waals surface area contributed by atoms with Crippen LogP contribution in [0.1, 0.15) is 15.9 Å². The van der Waals surface area contributed by atoms with Crippen molar-refractivity contribution in [3.05, 3.63) is 94.4 Å². The fourth-order valence-electron chi connectivity index (χ4n) is 2.96. The number of nitrogens with one attached hydrogen (secondary N) is 1. The summed E-state index contributed by atoms with van der Waals surface area (Å²) < 4.78 is 44.9. The number of carbonyl (C=O) groups excluding carboxylic acids is 1. The first-order chi connectivity index (χ1) is 14.3. The molecule has 2 aromatic carbocycles. The Kier molecular flexibility index (Phi) is 4.83. The lowest BCUT2D eigenvalue weighted by molar-refractivity contribution is -0.137. The van der Waals surface area contributed by atoms with Gasteiger partial charge >= 0.3 is 6.18 Å². The van der Waals surface area contributed by atoms with Crippen LogP contribution in [0.5, 0.6) is 0 Å². The molecule has 30 heavy (non-hydrogen) atoms. The second-order valence-electron chi connectivity index (χ2n) is 6.43. The molecule has 5 nitrogen and oxygen atoms in total. The van der Waals surface area contributed by atoms with Crippen molar-refractivity contribution in [2.24, 2.45) is 0 Å². The lowest BCUT2D eigenvalue weighted by Crippen LogP contribution is -2.13. The van der Waals surface area contributed by atoms with Crippen molar-refractivity contribution in [1.29, 1.82) is 0 Å². The highest BCUT2D eigenvalue weighted by Gasteiger charge is 2.30. The summed E-state index contributed by atoms with van der Waals surface area (Å²) in [6.45, 7) is 0. The van der Waals surface area contributed by atoms with Crippen LogP contribution in [0.25, 0.3) is 22.3 Å². The number of pyridine rings is 1. The summed E-state index contributed by atoms with van der Waals surface area (Å²) in [4.78, 5) is 28.9. The van der Waals surface area contributed by atoms with E-state index in [1.807, 2.05) is 0 Å². The molecule has 8 heteroatoms. The van der Waals surface area contributed by atoms with Gasteiger partial charge < -0.3 is 9.73 Å². The number of anilines is 1. The number of alkyl halides is 3. The van der Waals surface area contributed by atoms with E-state index in [1.165, 1.54) is 36.7 Å². The number of hydrogen-bond acceptors (Lipinski definition) is 4. The highest BCUT2D eigenvalue weighted by atomic mass is 19.4. The molecule has 4 aromatic rings. The quantitative estimate of drug-likeness (QED) is 0.509. The standard InChI is InChI=1S/C22H13F3N2O3/c23-22(24,25)15-6-1-4-13(10-15)19-11-18(28)16-7-2-8-17(20(16)30-19)27-21(29)14-5-3-9-26-12-14/h1-12H,(H,27,29). The molecule has 0 aliphatic rings. The zero-order valence-corrected chi connectivity index (χ0v) is 15.2. The summed E-state index contributed by atoms with van der Waals surface area (Å²) in [5.74, 6) is -0.510. The smallest absolute Gasteiger partial charge is 0.416 e. The average Bonchev–Trinajstić information content (AvgIpc) is 2.74. The number of aromatic nitrogens is 1. The maximum atomic E-state index is 13.0. The van der Waals surface area contributed by atoms with Crippen LogP contribution in [0.2, 0.25) is 0 Å². The van der Waals surface area contributed by atoms with Gasteiger partial charge in [0.05, 0.1) is 22.2 Å². The molecule has 0 unspecified atom stereocenters. The maximum absolute atomic E-state index is 13.0. The monoisotopic (exact) mass is 410 g/mol. The third-order valence-corrected chi connectivity index (χ3v) is 4.40. The van der Waals surface area contributed by atoms with Gasteiger partial charge in [-0.15, -0.1) is 0 Å². The van der Waals surface area contributed by atoms with Gasteiger partial charge in [0.1, 0.15) is 5.76 Å². The molecule has 0 radical (unpaired) electrons. The van der Waals surface area contributed by atoms with E-state index in [2.05, 4.69) is 10.3 Å². The van der Waals surface area contributed by atoms with Gasteiger partial charge in [-0.05, 0) is 36.4 Å². The minimum Gasteiger partial charge on any atom is -0.454 e. The lowest BCUT2D eigenvalue weighted by Gasteiger charge is -2.11. The number of hydrogen-bond donors (Lipinski definition) is 1. The van der Waals surface area contributed by atoms with E-state index in [-0.39, 0.29) is 28.0 Å². The number of carbonyl (C=O) groups is 1. The number of rotatable bonds is 3. The van der Waals surface area contributed by atoms with E-state index in [4.69, 9.17) is 4.42 Å². The molecule has 2 heterocycles. The molecule has 150 valence electrons. The molecule has 0 atom stereocenters. The Morgan fingerprint density at radius 2 is 1.80 bits per heavy atom. The molecule has 0 aliphatic carbocycles. The Labute approximate surface area is 167 Å². The number of amides is 1. The molecule has 2 aromatic heterocycles. The van der Waals surface area contributed by atoms with Crippen molar-refractivity contribution in [3.63, 3.8) is 0 Å². The molecular formula is C22H13F3N2O3. The summed E-state index contributed by atoms with van der Waals surface area (Å²) in [5.41, 5.74) is -0.632. The first kappa shape index (κ1) is 19.4. The van der Waals surface area contributed by atoms with E-state index in [0.29, 0.717) is 5.56 Å². The molecule has 0 saturated heterocycles. The molecule has 0 saturated carbocycles. The SMILES string of the molecule is O=C(Nc1cccc2c(=O)cc(-c3cccc(C(F)(F)F)c3)oc12)c1cccnc1. The maximum Gasteiger partial charge on any atom is 0.416 e. The summed E-state index contributed by atoms with van der Waals surface area (Å²) in [6.07, 6.45) is -1.63. The van der Waals surface area contributed by atoms with E-state index in [0.717, 1.165) is 18.2 Å². The van der Waals surface area contributed by atoms with Crippen LogP contribution in [0, 0.1) is 0 Å². The minimum absolute atomic E-state index is 0.0401. The molecule has 1 amide bonds. The van der Waals surface area contributed by atoms with E-state index in [9.17, 15) is 22.8 Å². The number of benzene rings is 2. The second-order valence-corrected chi connectivity index (χ2v) is 6.43. The number of fused-ring (bicyclic) bond motifs is 1. The third-order valence-electron chi connectivity index (χ3n) is 4.40. The molecule has 1 N–H and O–H groups in total. The van der Waals surface area contributed by atoms with Gasteiger partial charge in [0, 0.05) is 24.0 Å². The Hall–Kier alpha value is -3.94. The lowest BCUT2D eigenvalue weighted by atomic mass is 10.1. The first-order valence-corrected chi connectivity index (χ1v) is 8.79. The summed E-state index contributed by atoms with van der Waals surface area (Å²) >= 11 is 0. The van der Waals surface area contributed by atoms with Gasteiger partial charge in [-0.2, -0.15) is 13.2 Å². The van der Waals surface area contributed by atoms with Crippen LogP contribution < -0.4 is 10.7 Å². The zero-order chi connectivity index (χ0) is 21.3. The first-order valence-electron chi connectivity index (χ1n) is 8.79. The Balaban J connectivity index is 1.81. The normalized spacial score (nSPS) is 11.4. The molecule has 4 rings (SSSR count). The fourth-order valence-corrected chi connectivity index (χ4v) is 2.96. The van der Waals surface area contributed by atoms with Gasteiger partial charge in [0.15, 0.2) is 11.0 Å². The van der Waals surface area contributed by atoms with Crippen molar-refractivity contribution >= 4 is 22.6 Å². The van der Waals surface area contributed by atoms with Gasteiger partial charge in [0.25, 0.3) is 5.91 Å². The minimum atomic E-state index is -4.53. The van der Waals surface area contributed by atoms with Crippen molar-refractivity contribution in [1.82, 2.24) is 4.98 Å². The Morgan fingerprint density at radius 1 is 1.00 bits per heavy atom. The van der Waals surface area contributed by atoms with Crippen molar-refractivity contribution in [3.8, 4) is 11.3 Å². The van der Waals surface area contributed by atoms with E-state index in [1.54, 1.807) is 18.2 Å². The zero-order valence-electron chi connectivity index (χ0n) is 15.2.